The third kappa shape index (κ3) is 6.31. The van der Waals surface area contributed by atoms with Gasteiger partial charge < -0.3 is 37.9 Å². The van der Waals surface area contributed by atoms with Crippen molar-refractivity contribution in [3.05, 3.63) is 83.4 Å². The summed E-state index contributed by atoms with van der Waals surface area (Å²) in [5.74, 6) is 2.72. The van der Waals surface area contributed by atoms with Gasteiger partial charge in [0.15, 0.2) is 23.0 Å². The fraction of sp³-hybridized carbons (Fsp3) is 0.419. The molecule has 0 aromatic heterocycles. The largest absolute Gasteiger partial charge is 0.493 e. The molecule has 0 spiro atoms. The molecule has 8 heteroatoms. The molecule has 5 atom stereocenters. The zero-order valence-electron chi connectivity index (χ0n) is 22.8. The lowest BCUT2D eigenvalue weighted by atomic mass is 10.0. The smallest absolute Gasteiger partial charge is 0.161 e. The van der Waals surface area contributed by atoms with Crippen LogP contribution in [-0.4, -0.2) is 59.5 Å². The molecule has 8 nitrogen and oxygen atoms in total. The highest BCUT2D eigenvalue weighted by atomic mass is 16.7. The fourth-order valence-corrected chi connectivity index (χ4v) is 5.18. The number of methoxy groups -OCH3 is 4. The van der Waals surface area contributed by atoms with Crippen LogP contribution in [-0.2, 0) is 38.8 Å². The molecule has 0 bridgehead atoms. The number of benzene rings is 3. The predicted molar refractivity (Wildman–Crippen MR) is 144 cm³/mol. The monoisotopic (exact) mass is 536 g/mol. The van der Waals surface area contributed by atoms with E-state index in [1.54, 1.807) is 28.4 Å². The van der Waals surface area contributed by atoms with Crippen molar-refractivity contribution in [2.24, 2.45) is 5.92 Å². The number of epoxide rings is 1. The number of hydrogen-bond donors (Lipinski definition) is 0. The standard InChI is InChI=1S/C31H36O8/c1-32-24-12-10-21(14-26(24)34-3)17-37-28-23(19-36-16-20-8-6-5-7-9-20)29(31-30(28)39-31)38-18-22-11-13-25(33-2)27(15-22)35-4/h5-15,23,28-31H,16-19H2,1-4H3/t23?,28-,29+,30-,31+. The molecule has 3 aromatic rings. The highest BCUT2D eigenvalue weighted by Crippen LogP contribution is 2.47. The highest BCUT2D eigenvalue weighted by Gasteiger charge is 2.63. The SMILES string of the molecule is COc1ccc(CO[C@@H]2C(COCc3ccccc3)[C@H](OCc3ccc(OC)c(OC)c3)[C@@H]3O[C@@H]32)cc1OC. The number of hydrogen-bond acceptors (Lipinski definition) is 8. The van der Waals surface area contributed by atoms with Crippen LogP contribution in [0.3, 0.4) is 0 Å². The van der Waals surface area contributed by atoms with E-state index in [0.29, 0.717) is 49.4 Å². The zero-order valence-corrected chi connectivity index (χ0v) is 22.8. The maximum atomic E-state index is 6.46. The number of ether oxygens (including phenoxy) is 8. The van der Waals surface area contributed by atoms with Crippen LogP contribution in [0.5, 0.6) is 23.0 Å². The summed E-state index contributed by atoms with van der Waals surface area (Å²) < 4.78 is 46.8. The van der Waals surface area contributed by atoms with Gasteiger partial charge in [-0.25, -0.2) is 0 Å². The molecule has 5 rings (SSSR count). The van der Waals surface area contributed by atoms with Gasteiger partial charge in [0, 0.05) is 5.92 Å². The van der Waals surface area contributed by atoms with E-state index < -0.39 is 0 Å². The summed E-state index contributed by atoms with van der Waals surface area (Å²) in [5, 5.41) is 0. The van der Waals surface area contributed by atoms with E-state index in [1.165, 1.54) is 0 Å². The van der Waals surface area contributed by atoms with E-state index in [4.69, 9.17) is 37.9 Å². The normalized spacial score (nSPS) is 23.2. The molecule has 0 radical (unpaired) electrons. The molecule has 39 heavy (non-hydrogen) atoms. The Morgan fingerprint density at radius 1 is 0.564 bits per heavy atom. The second kappa shape index (κ2) is 12.7. The van der Waals surface area contributed by atoms with Gasteiger partial charge in [-0.1, -0.05) is 42.5 Å². The molecule has 1 aliphatic carbocycles. The summed E-state index contributed by atoms with van der Waals surface area (Å²) in [6.07, 6.45) is -0.361. The van der Waals surface area contributed by atoms with Crippen molar-refractivity contribution >= 4 is 0 Å². The van der Waals surface area contributed by atoms with Crippen molar-refractivity contribution < 1.29 is 37.9 Å². The van der Waals surface area contributed by atoms with Crippen LogP contribution in [0.1, 0.15) is 16.7 Å². The maximum absolute atomic E-state index is 6.46. The molecule has 3 aromatic carbocycles. The molecule has 1 unspecified atom stereocenters. The fourth-order valence-electron chi connectivity index (χ4n) is 5.18. The zero-order chi connectivity index (χ0) is 27.2. The van der Waals surface area contributed by atoms with Gasteiger partial charge in [-0.3, -0.25) is 0 Å². The van der Waals surface area contributed by atoms with Crippen LogP contribution in [0.4, 0.5) is 0 Å². The van der Waals surface area contributed by atoms with E-state index in [9.17, 15) is 0 Å². The summed E-state index contributed by atoms with van der Waals surface area (Å²) in [6.45, 7) is 1.85. The first-order valence-corrected chi connectivity index (χ1v) is 13.1. The molecular formula is C31H36O8. The van der Waals surface area contributed by atoms with Crippen LogP contribution in [0.25, 0.3) is 0 Å². The van der Waals surface area contributed by atoms with Gasteiger partial charge in [0.2, 0.25) is 0 Å². The van der Waals surface area contributed by atoms with Gasteiger partial charge >= 0.3 is 0 Å². The van der Waals surface area contributed by atoms with Crippen LogP contribution in [0.15, 0.2) is 66.7 Å². The van der Waals surface area contributed by atoms with Crippen LogP contribution in [0.2, 0.25) is 0 Å². The molecular weight excluding hydrogens is 500 g/mol. The minimum Gasteiger partial charge on any atom is -0.493 e. The Morgan fingerprint density at radius 3 is 1.56 bits per heavy atom. The van der Waals surface area contributed by atoms with Crippen LogP contribution < -0.4 is 18.9 Å². The maximum Gasteiger partial charge on any atom is 0.161 e. The topological polar surface area (TPSA) is 77.1 Å². The molecule has 1 saturated heterocycles. The quantitative estimate of drug-likeness (QED) is 0.272. The Bertz CT molecular complexity index is 1140. The van der Waals surface area contributed by atoms with Crippen molar-refractivity contribution in [2.45, 2.75) is 44.2 Å². The van der Waals surface area contributed by atoms with E-state index in [2.05, 4.69) is 12.1 Å². The van der Waals surface area contributed by atoms with E-state index in [0.717, 1.165) is 16.7 Å². The van der Waals surface area contributed by atoms with E-state index in [1.807, 2.05) is 54.6 Å². The lowest BCUT2D eigenvalue weighted by Gasteiger charge is -2.28. The third-order valence-electron chi connectivity index (χ3n) is 7.26. The summed E-state index contributed by atoms with van der Waals surface area (Å²) in [6, 6.07) is 21.8. The van der Waals surface area contributed by atoms with Gasteiger partial charge in [-0.15, -0.1) is 0 Å². The van der Waals surface area contributed by atoms with Crippen LogP contribution in [0, 0.1) is 5.92 Å². The minimum absolute atomic E-state index is 0.0118. The first kappa shape index (κ1) is 27.3. The molecule has 0 amide bonds. The molecule has 1 heterocycles. The van der Waals surface area contributed by atoms with E-state index >= 15 is 0 Å². The summed E-state index contributed by atoms with van der Waals surface area (Å²) in [7, 11) is 6.50. The van der Waals surface area contributed by atoms with Crippen molar-refractivity contribution in [3.8, 4) is 23.0 Å². The Labute approximate surface area is 229 Å². The average Bonchev–Trinajstić information content (AvgIpc) is 3.71. The van der Waals surface area contributed by atoms with Crippen molar-refractivity contribution in [2.75, 3.05) is 35.0 Å². The van der Waals surface area contributed by atoms with Gasteiger partial charge in [-0.05, 0) is 41.0 Å². The molecule has 2 fully saturated rings. The summed E-state index contributed by atoms with van der Waals surface area (Å²) in [5.41, 5.74) is 3.11. The second-order valence-electron chi connectivity index (χ2n) is 9.66. The first-order valence-electron chi connectivity index (χ1n) is 13.1. The van der Waals surface area contributed by atoms with Gasteiger partial charge in [0.1, 0.15) is 12.2 Å². The number of fused-ring (bicyclic) bond motifs is 1. The molecule has 1 saturated carbocycles. The van der Waals surface area contributed by atoms with Gasteiger partial charge in [-0.2, -0.15) is 0 Å². The molecule has 2 aliphatic rings. The van der Waals surface area contributed by atoms with Crippen molar-refractivity contribution in [1.29, 1.82) is 0 Å². The Hall–Kier alpha value is -3.30. The lowest BCUT2D eigenvalue weighted by Crippen LogP contribution is -2.37. The molecule has 208 valence electrons. The van der Waals surface area contributed by atoms with Gasteiger partial charge in [0.25, 0.3) is 0 Å². The predicted octanol–water partition coefficient (Wildman–Crippen LogP) is 4.81. The van der Waals surface area contributed by atoms with E-state index in [-0.39, 0.29) is 30.3 Å². The summed E-state index contributed by atoms with van der Waals surface area (Å²) in [4.78, 5) is 0. The minimum atomic E-state index is -0.158. The van der Waals surface area contributed by atoms with Crippen molar-refractivity contribution in [3.63, 3.8) is 0 Å². The van der Waals surface area contributed by atoms with Gasteiger partial charge in [0.05, 0.1) is 67.1 Å². The summed E-state index contributed by atoms with van der Waals surface area (Å²) >= 11 is 0. The molecule has 1 aliphatic heterocycles. The third-order valence-corrected chi connectivity index (χ3v) is 7.26. The average molecular weight is 537 g/mol. The second-order valence-corrected chi connectivity index (χ2v) is 9.66. The van der Waals surface area contributed by atoms with Crippen molar-refractivity contribution in [1.82, 2.24) is 0 Å². The molecule has 0 N–H and O–H groups in total. The number of rotatable bonds is 14. The lowest BCUT2D eigenvalue weighted by molar-refractivity contribution is -0.108. The highest BCUT2D eigenvalue weighted by molar-refractivity contribution is 5.43. The first-order chi connectivity index (χ1) is 19.1. The van der Waals surface area contributed by atoms with Crippen LogP contribution >= 0.6 is 0 Å². The Morgan fingerprint density at radius 2 is 1.08 bits per heavy atom. The Kier molecular flexibility index (Phi) is 8.88. The Balaban J connectivity index is 1.27.